The third-order valence-electron chi connectivity index (χ3n) is 6.24. The number of pyridine rings is 3. The van der Waals surface area contributed by atoms with Gasteiger partial charge >= 0.3 is 0 Å². The highest BCUT2D eigenvalue weighted by atomic mass is 19.1. The number of piperazine rings is 1. The summed E-state index contributed by atoms with van der Waals surface area (Å²) in [5, 5.41) is 0.640. The van der Waals surface area contributed by atoms with E-state index in [1.54, 1.807) is 24.5 Å². The predicted molar refractivity (Wildman–Crippen MR) is 111 cm³/mol. The van der Waals surface area contributed by atoms with Crippen molar-refractivity contribution in [2.45, 2.75) is 37.8 Å². The molecule has 1 N–H and O–H groups in total. The Labute approximate surface area is 168 Å². The van der Waals surface area contributed by atoms with Gasteiger partial charge in [0.1, 0.15) is 0 Å². The molecule has 3 aromatic rings. The van der Waals surface area contributed by atoms with Gasteiger partial charge in [-0.3, -0.25) is 14.7 Å². The number of fused-ring (bicyclic) bond motifs is 3. The molecule has 0 radical (unpaired) electrons. The van der Waals surface area contributed by atoms with Crippen molar-refractivity contribution in [3.8, 4) is 0 Å². The molecule has 0 aliphatic carbocycles. The van der Waals surface area contributed by atoms with Crippen LogP contribution in [0.5, 0.6) is 0 Å². The summed E-state index contributed by atoms with van der Waals surface area (Å²) in [7, 11) is 0. The molecule has 2 aliphatic heterocycles. The number of hydrogen-bond donors (Lipinski definition) is 1. The Kier molecular flexibility index (Phi) is 4.75. The summed E-state index contributed by atoms with van der Waals surface area (Å²) < 4.78 is 13.1. The van der Waals surface area contributed by atoms with Crippen molar-refractivity contribution in [3.05, 3.63) is 64.7 Å². The van der Waals surface area contributed by atoms with Gasteiger partial charge in [0, 0.05) is 37.1 Å². The van der Waals surface area contributed by atoms with Crippen molar-refractivity contribution < 1.29 is 4.39 Å². The van der Waals surface area contributed by atoms with Gasteiger partial charge in [0.15, 0.2) is 0 Å². The van der Waals surface area contributed by atoms with Crippen molar-refractivity contribution in [2.75, 3.05) is 24.5 Å². The summed E-state index contributed by atoms with van der Waals surface area (Å²) in [5.74, 6) is -0.433. The van der Waals surface area contributed by atoms with Crippen LogP contribution in [0.4, 0.5) is 10.1 Å². The first-order valence-electron chi connectivity index (χ1n) is 10.3. The number of nitrogens with one attached hydrogen (secondary N) is 1. The second-order valence-corrected chi connectivity index (χ2v) is 8.03. The van der Waals surface area contributed by atoms with Gasteiger partial charge in [-0.1, -0.05) is 0 Å². The zero-order valence-electron chi connectivity index (χ0n) is 16.2. The van der Waals surface area contributed by atoms with E-state index in [0.717, 1.165) is 49.4 Å². The van der Waals surface area contributed by atoms with Crippen LogP contribution >= 0.6 is 0 Å². The van der Waals surface area contributed by atoms with Gasteiger partial charge in [0.05, 0.1) is 22.8 Å². The number of hydrogen-bond acceptors (Lipinski definition) is 5. The quantitative estimate of drug-likeness (QED) is 0.676. The maximum atomic E-state index is 13.1. The van der Waals surface area contributed by atoms with Gasteiger partial charge in [-0.15, -0.1) is 0 Å². The van der Waals surface area contributed by atoms with Gasteiger partial charge in [0.25, 0.3) is 5.56 Å². The van der Waals surface area contributed by atoms with Gasteiger partial charge < -0.3 is 9.88 Å². The molecule has 2 bridgehead atoms. The first-order valence-corrected chi connectivity index (χ1v) is 10.3. The summed E-state index contributed by atoms with van der Waals surface area (Å²) in [6, 6.07) is 9.88. The van der Waals surface area contributed by atoms with Crippen molar-refractivity contribution in [1.82, 2.24) is 19.9 Å². The molecular weight excluding hydrogens is 369 g/mol. The molecule has 2 unspecified atom stereocenters. The van der Waals surface area contributed by atoms with Crippen LogP contribution in [0.3, 0.4) is 0 Å². The molecule has 0 aromatic carbocycles. The molecule has 0 amide bonds. The van der Waals surface area contributed by atoms with Gasteiger partial charge in [0.2, 0.25) is 5.95 Å². The van der Waals surface area contributed by atoms with Crippen LogP contribution in [0.15, 0.2) is 47.5 Å². The number of halogens is 1. The minimum Gasteiger partial charge on any atom is -0.367 e. The predicted octanol–water partition coefficient (Wildman–Crippen LogP) is 2.74. The fraction of sp³-hybridized carbons (Fsp3) is 0.409. The third-order valence-corrected chi connectivity index (χ3v) is 6.24. The summed E-state index contributed by atoms with van der Waals surface area (Å²) in [4.78, 5) is 28.3. The fourth-order valence-electron chi connectivity index (χ4n) is 4.85. The fourth-order valence-corrected chi connectivity index (χ4v) is 4.85. The number of aryl methyl sites for hydroxylation is 1. The molecule has 6 nitrogen and oxygen atoms in total. The first kappa shape index (κ1) is 18.2. The van der Waals surface area contributed by atoms with Crippen molar-refractivity contribution in [1.29, 1.82) is 0 Å². The van der Waals surface area contributed by atoms with Crippen LogP contribution in [-0.4, -0.2) is 51.6 Å². The number of aromatic nitrogens is 3. The Hall–Kier alpha value is -2.80. The lowest BCUT2D eigenvalue weighted by Crippen LogP contribution is -2.54. The Morgan fingerprint density at radius 2 is 1.97 bits per heavy atom. The van der Waals surface area contributed by atoms with E-state index < -0.39 is 5.95 Å². The van der Waals surface area contributed by atoms with E-state index in [0.29, 0.717) is 17.5 Å². The average Bonchev–Trinajstić information content (AvgIpc) is 2.96. The standard InChI is InChI=1S/C22H24FN5O/c23-21-8-7-16(12-25-21)27-13-17-5-6-18(14-27)28(17)10-2-3-15-11-20-19(22(29)26-15)4-1-9-24-20/h1,4,7-9,11-12,17-18H,2-3,5-6,10,13-14H2,(H,26,29). The van der Waals surface area contributed by atoms with E-state index in [1.165, 1.54) is 18.9 Å². The highest BCUT2D eigenvalue weighted by Gasteiger charge is 2.39. The number of anilines is 1. The molecule has 2 aliphatic rings. The van der Waals surface area contributed by atoms with Crippen LogP contribution in [0.25, 0.3) is 10.9 Å². The molecule has 0 spiro atoms. The van der Waals surface area contributed by atoms with Crippen LogP contribution in [0.2, 0.25) is 0 Å². The number of rotatable bonds is 5. The largest absolute Gasteiger partial charge is 0.367 e. The molecule has 150 valence electrons. The highest BCUT2D eigenvalue weighted by Crippen LogP contribution is 2.32. The minimum absolute atomic E-state index is 0.0628. The lowest BCUT2D eigenvalue weighted by molar-refractivity contribution is 0.167. The van der Waals surface area contributed by atoms with E-state index in [1.807, 2.05) is 12.1 Å². The Balaban J connectivity index is 1.21. The average molecular weight is 393 g/mol. The van der Waals surface area contributed by atoms with Crippen LogP contribution in [0, 0.1) is 5.95 Å². The number of aromatic amines is 1. The molecule has 5 heterocycles. The Bertz CT molecular complexity index is 1050. The minimum atomic E-state index is -0.433. The van der Waals surface area contributed by atoms with Crippen LogP contribution in [-0.2, 0) is 6.42 Å². The molecule has 5 rings (SSSR count). The lowest BCUT2D eigenvalue weighted by atomic mass is 10.1. The van der Waals surface area contributed by atoms with Crippen molar-refractivity contribution in [2.24, 2.45) is 0 Å². The normalized spacial score (nSPS) is 21.8. The van der Waals surface area contributed by atoms with Gasteiger partial charge in [-0.05, 0) is 62.6 Å². The van der Waals surface area contributed by atoms with Crippen LogP contribution < -0.4 is 10.5 Å². The first-order chi connectivity index (χ1) is 14.2. The maximum Gasteiger partial charge on any atom is 0.257 e. The summed E-state index contributed by atoms with van der Waals surface area (Å²) in [5.41, 5.74) is 2.65. The lowest BCUT2D eigenvalue weighted by Gasteiger charge is -2.42. The third kappa shape index (κ3) is 3.62. The Morgan fingerprint density at radius 3 is 2.72 bits per heavy atom. The SMILES string of the molecule is O=c1[nH]c(CCCN2C3CCC2CN(c2ccc(F)nc2)C3)cc2ncccc12. The molecule has 29 heavy (non-hydrogen) atoms. The van der Waals surface area contributed by atoms with E-state index in [4.69, 9.17) is 0 Å². The molecule has 2 fully saturated rings. The van der Waals surface area contributed by atoms with Gasteiger partial charge in [-0.25, -0.2) is 4.98 Å². The topological polar surface area (TPSA) is 65.1 Å². The van der Waals surface area contributed by atoms with E-state index in [9.17, 15) is 9.18 Å². The summed E-state index contributed by atoms with van der Waals surface area (Å²) in [6.45, 7) is 2.94. The molecule has 3 aromatic heterocycles. The van der Waals surface area contributed by atoms with E-state index >= 15 is 0 Å². The number of H-pyrrole nitrogens is 1. The zero-order chi connectivity index (χ0) is 19.8. The Morgan fingerprint density at radius 1 is 1.14 bits per heavy atom. The van der Waals surface area contributed by atoms with E-state index in [2.05, 4.69) is 24.8 Å². The smallest absolute Gasteiger partial charge is 0.257 e. The summed E-state index contributed by atoms with van der Waals surface area (Å²) in [6.07, 6.45) is 7.59. The van der Waals surface area contributed by atoms with Crippen LogP contribution in [0.1, 0.15) is 25.0 Å². The monoisotopic (exact) mass is 393 g/mol. The molecule has 7 heteroatoms. The van der Waals surface area contributed by atoms with E-state index in [-0.39, 0.29) is 5.56 Å². The van der Waals surface area contributed by atoms with Gasteiger partial charge in [-0.2, -0.15) is 4.39 Å². The second-order valence-electron chi connectivity index (χ2n) is 8.03. The van der Waals surface area contributed by atoms with Crippen molar-refractivity contribution >= 4 is 16.6 Å². The zero-order valence-corrected chi connectivity index (χ0v) is 16.2. The second kappa shape index (κ2) is 7.55. The maximum absolute atomic E-state index is 13.1. The number of nitrogens with zero attached hydrogens (tertiary/aromatic N) is 4. The molecule has 0 saturated carbocycles. The summed E-state index contributed by atoms with van der Waals surface area (Å²) >= 11 is 0. The molecule has 2 saturated heterocycles. The highest BCUT2D eigenvalue weighted by molar-refractivity contribution is 5.77. The van der Waals surface area contributed by atoms with Crippen molar-refractivity contribution in [3.63, 3.8) is 0 Å². The molecule has 2 atom stereocenters. The molecular formula is C22H24FN5O.